The summed E-state index contributed by atoms with van der Waals surface area (Å²) in [5, 5.41) is 17.2. The summed E-state index contributed by atoms with van der Waals surface area (Å²) in [6, 6.07) is 23.1. The molecule has 3 aromatic carbocycles. The summed E-state index contributed by atoms with van der Waals surface area (Å²) in [5.41, 5.74) is 3.44. The van der Waals surface area contributed by atoms with E-state index in [1.165, 1.54) is 0 Å². The number of hydrogen-bond donors (Lipinski definition) is 2. The minimum Gasteiger partial charge on any atom is -0.508 e. The van der Waals surface area contributed by atoms with Crippen LogP contribution >= 0.6 is 11.8 Å². The highest BCUT2D eigenvalue weighted by Crippen LogP contribution is 2.32. The van der Waals surface area contributed by atoms with Crippen molar-refractivity contribution in [2.45, 2.75) is 45.1 Å². The molecule has 0 bridgehead atoms. The van der Waals surface area contributed by atoms with Crippen LogP contribution in [0.1, 0.15) is 30.0 Å². The number of para-hydroxylation sites is 1. The number of amidine groups is 1. The molecule has 0 aromatic heterocycles. The SMILES string of the molecule is CCCN(C(=O)NCc1ccccc1)N1CC(=O)N2[C@@H](Cc3ccc(O)cc3)C(=O)N(Cc3ccccc3N=C(SC)N(C)C)C[C@@H]21. The third kappa shape index (κ3) is 7.88. The molecule has 4 amide bonds. The molecule has 47 heavy (non-hydrogen) atoms. The molecule has 2 heterocycles. The Morgan fingerprint density at radius 1 is 1.00 bits per heavy atom. The molecule has 11 nitrogen and oxygen atoms in total. The van der Waals surface area contributed by atoms with E-state index >= 15 is 0 Å². The van der Waals surface area contributed by atoms with Crippen LogP contribution in [-0.2, 0) is 29.1 Å². The molecular formula is C35H43N7O4S. The summed E-state index contributed by atoms with van der Waals surface area (Å²) in [4.78, 5) is 52.0. The van der Waals surface area contributed by atoms with E-state index in [1.54, 1.807) is 50.8 Å². The number of phenols is 1. The van der Waals surface area contributed by atoms with Crippen LogP contribution < -0.4 is 5.32 Å². The number of nitrogens with one attached hydrogen (secondary N) is 1. The van der Waals surface area contributed by atoms with Gasteiger partial charge < -0.3 is 25.1 Å². The molecule has 2 aliphatic rings. The predicted octanol–water partition coefficient (Wildman–Crippen LogP) is 4.26. The first-order valence-electron chi connectivity index (χ1n) is 15.8. The Hall–Kier alpha value is -4.55. The Labute approximate surface area is 280 Å². The fourth-order valence-electron chi connectivity index (χ4n) is 6.06. The summed E-state index contributed by atoms with van der Waals surface area (Å²) in [7, 11) is 3.89. The summed E-state index contributed by atoms with van der Waals surface area (Å²) in [6.07, 6.45) is 2.39. The number of aliphatic imine (C=N–C) groups is 1. The van der Waals surface area contributed by atoms with Crippen LogP contribution in [0.4, 0.5) is 10.5 Å². The lowest BCUT2D eigenvalue weighted by Gasteiger charge is -2.46. The quantitative estimate of drug-likeness (QED) is 0.248. The van der Waals surface area contributed by atoms with E-state index in [4.69, 9.17) is 4.99 Å². The number of urea groups is 1. The van der Waals surface area contributed by atoms with Crippen molar-refractivity contribution in [1.82, 2.24) is 30.0 Å². The molecule has 5 rings (SSSR count). The smallest absolute Gasteiger partial charge is 0.332 e. The van der Waals surface area contributed by atoms with Crippen LogP contribution in [0.15, 0.2) is 83.9 Å². The first-order valence-corrected chi connectivity index (χ1v) is 17.0. The number of carbonyl (C=O) groups is 3. The van der Waals surface area contributed by atoms with Gasteiger partial charge in [-0.3, -0.25) is 14.6 Å². The van der Waals surface area contributed by atoms with Gasteiger partial charge in [-0.25, -0.2) is 9.79 Å². The minimum atomic E-state index is -0.786. The zero-order chi connectivity index (χ0) is 33.5. The fourth-order valence-corrected chi connectivity index (χ4v) is 6.61. The van der Waals surface area contributed by atoms with E-state index in [0.29, 0.717) is 26.1 Å². The van der Waals surface area contributed by atoms with Crippen molar-refractivity contribution in [3.05, 3.63) is 95.6 Å². The number of carbonyl (C=O) groups excluding carboxylic acids is 3. The third-order valence-electron chi connectivity index (χ3n) is 8.33. The van der Waals surface area contributed by atoms with Gasteiger partial charge in [0.2, 0.25) is 11.8 Å². The highest BCUT2D eigenvalue weighted by molar-refractivity contribution is 8.13. The number of phenolic OH excluding ortho intramolecular Hbond substituents is 1. The summed E-state index contributed by atoms with van der Waals surface area (Å²) in [5.74, 6) is -0.246. The number of thioether (sulfide) groups is 1. The zero-order valence-electron chi connectivity index (χ0n) is 27.4. The molecule has 248 valence electrons. The normalized spacial score (nSPS) is 18.3. The highest BCUT2D eigenvalue weighted by Gasteiger charge is 2.52. The number of hydrazine groups is 1. The number of piperazine rings is 1. The second-order valence-electron chi connectivity index (χ2n) is 11.9. The number of benzene rings is 3. The number of nitrogens with zero attached hydrogens (tertiary/aromatic N) is 6. The van der Waals surface area contributed by atoms with Crippen molar-refractivity contribution in [3.63, 3.8) is 0 Å². The lowest BCUT2D eigenvalue weighted by atomic mass is 9.99. The van der Waals surface area contributed by atoms with Crippen molar-refractivity contribution in [2.75, 3.05) is 40.0 Å². The molecule has 2 saturated heterocycles. The molecule has 2 fully saturated rings. The Bertz CT molecular complexity index is 1580. The maximum absolute atomic E-state index is 14.3. The average molecular weight is 658 g/mol. The van der Waals surface area contributed by atoms with Crippen molar-refractivity contribution in [3.8, 4) is 5.75 Å². The van der Waals surface area contributed by atoms with Gasteiger partial charge in [0.05, 0.1) is 18.8 Å². The summed E-state index contributed by atoms with van der Waals surface area (Å²) >= 11 is 1.54. The first kappa shape index (κ1) is 33.8. The molecule has 3 aromatic rings. The molecule has 12 heteroatoms. The van der Waals surface area contributed by atoms with Crippen molar-refractivity contribution in [1.29, 1.82) is 0 Å². The van der Waals surface area contributed by atoms with Crippen molar-refractivity contribution in [2.24, 2.45) is 4.99 Å². The number of rotatable bonds is 10. The van der Waals surface area contributed by atoms with Gasteiger partial charge >= 0.3 is 6.03 Å². The Morgan fingerprint density at radius 2 is 1.70 bits per heavy atom. The van der Waals surface area contributed by atoms with Crippen LogP contribution in [0.2, 0.25) is 0 Å². The predicted molar refractivity (Wildman–Crippen MR) is 185 cm³/mol. The Balaban J connectivity index is 1.47. The van der Waals surface area contributed by atoms with Gasteiger partial charge in [-0.05, 0) is 47.6 Å². The second-order valence-corrected chi connectivity index (χ2v) is 12.6. The third-order valence-corrected chi connectivity index (χ3v) is 9.15. The lowest BCUT2D eigenvalue weighted by molar-refractivity contribution is -0.157. The zero-order valence-corrected chi connectivity index (χ0v) is 28.2. The van der Waals surface area contributed by atoms with E-state index in [2.05, 4.69) is 5.32 Å². The summed E-state index contributed by atoms with van der Waals surface area (Å²) < 4.78 is 0. The largest absolute Gasteiger partial charge is 0.508 e. The molecule has 0 saturated carbocycles. The summed E-state index contributed by atoms with van der Waals surface area (Å²) in [6.45, 7) is 3.26. The van der Waals surface area contributed by atoms with Crippen LogP contribution in [-0.4, -0.2) is 105 Å². The highest BCUT2D eigenvalue weighted by atomic mass is 32.2. The number of aromatic hydroxyl groups is 1. The van der Waals surface area contributed by atoms with Gasteiger partial charge in [0.1, 0.15) is 18.0 Å². The molecule has 2 atom stereocenters. The van der Waals surface area contributed by atoms with E-state index < -0.39 is 12.2 Å². The lowest BCUT2D eigenvalue weighted by Crippen LogP contribution is -2.66. The van der Waals surface area contributed by atoms with Crippen LogP contribution in [0, 0.1) is 0 Å². The van der Waals surface area contributed by atoms with Gasteiger partial charge in [-0.1, -0.05) is 79.3 Å². The van der Waals surface area contributed by atoms with Crippen LogP contribution in [0.25, 0.3) is 0 Å². The van der Waals surface area contributed by atoms with E-state index in [9.17, 15) is 19.5 Å². The Morgan fingerprint density at radius 3 is 2.38 bits per heavy atom. The molecular weight excluding hydrogens is 614 g/mol. The van der Waals surface area contributed by atoms with Crippen LogP contribution in [0.5, 0.6) is 5.75 Å². The first-order chi connectivity index (χ1) is 22.7. The van der Waals surface area contributed by atoms with Gasteiger partial charge in [0.25, 0.3) is 0 Å². The van der Waals surface area contributed by atoms with Gasteiger partial charge in [-0.15, -0.1) is 0 Å². The fraction of sp³-hybridized carbons (Fsp3) is 0.371. The van der Waals surface area contributed by atoms with Gasteiger partial charge in [0.15, 0.2) is 5.17 Å². The maximum Gasteiger partial charge on any atom is 0.332 e. The molecule has 2 N–H and O–H groups in total. The molecule has 0 unspecified atom stereocenters. The van der Waals surface area contributed by atoms with Crippen molar-refractivity contribution >= 4 is 40.5 Å². The standard InChI is InChI=1S/C35H43N7O4S/c1-5-19-40(34(46)36-21-26-11-7-6-8-12-26)41-24-32(44)42-30(20-25-15-17-28(43)18-16-25)33(45)39(23-31(41)42)22-27-13-9-10-14-29(27)37-35(47-4)38(2)3/h6-18,30-31,43H,5,19-24H2,1-4H3,(H,36,46)/t30-,31+/m0/s1. The second kappa shape index (κ2) is 15.4. The number of fused-ring (bicyclic) bond motifs is 1. The van der Waals surface area contributed by atoms with Crippen LogP contribution in [0.3, 0.4) is 0 Å². The van der Waals surface area contributed by atoms with E-state index in [0.717, 1.165) is 27.5 Å². The van der Waals surface area contributed by atoms with Crippen molar-refractivity contribution < 1.29 is 19.5 Å². The molecule has 2 aliphatic heterocycles. The topological polar surface area (TPSA) is 112 Å². The van der Waals surface area contributed by atoms with Gasteiger partial charge in [-0.2, -0.15) is 5.01 Å². The molecule has 0 radical (unpaired) electrons. The average Bonchev–Trinajstić information content (AvgIpc) is 3.39. The number of hydrogen-bond acceptors (Lipinski definition) is 7. The molecule has 0 aliphatic carbocycles. The van der Waals surface area contributed by atoms with E-state index in [1.807, 2.05) is 91.8 Å². The molecule has 0 spiro atoms. The Kier molecular flexibility index (Phi) is 11.0. The number of amides is 4. The van der Waals surface area contributed by atoms with E-state index in [-0.39, 0.29) is 43.1 Å². The monoisotopic (exact) mass is 657 g/mol. The minimum absolute atomic E-state index is 0.0164. The van der Waals surface area contributed by atoms with Gasteiger partial charge in [0, 0.05) is 40.2 Å². The maximum atomic E-state index is 14.3.